The smallest absolute Gasteiger partial charge is 0.328 e. The number of aromatic nitrogens is 1. The summed E-state index contributed by atoms with van der Waals surface area (Å²) in [7, 11) is 0. The Balaban J connectivity index is 1.74. The Hall–Kier alpha value is -3.05. The van der Waals surface area contributed by atoms with Crippen LogP contribution in [0.25, 0.3) is 17.0 Å². The molecule has 4 rings (SSSR count). The lowest BCUT2D eigenvalue weighted by molar-refractivity contribution is -0.122. The van der Waals surface area contributed by atoms with E-state index in [-0.39, 0.29) is 11.9 Å². The molecule has 5 nitrogen and oxygen atoms in total. The van der Waals surface area contributed by atoms with Crippen molar-refractivity contribution in [2.45, 2.75) is 13.5 Å². The molecule has 6 heteroatoms. The summed E-state index contributed by atoms with van der Waals surface area (Å²) in [5, 5.41) is 4.39. The van der Waals surface area contributed by atoms with E-state index in [2.05, 4.69) is 9.88 Å². The molecule has 0 aliphatic carbocycles. The number of carbonyl (C=O) groups is 2. The summed E-state index contributed by atoms with van der Waals surface area (Å²) in [5.74, 6) is -0.294. The van der Waals surface area contributed by atoms with E-state index in [0.717, 1.165) is 22.0 Å². The summed E-state index contributed by atoms with van der Waals surface area (Å²) >= 11 is 5.97. The average molecular weight is 380 g/mol. The van der Waals surface area contributed by atoms with Crippen molar-refractivity contribution in [1.82, 2.24) is 14.8 Å². The standard InChI is InChI=1S/C21H18ClN3O2/c1-2-25-20(26)18(23-21(25)27)11-15-13-24(19-6-4-3-5-17(15)19)12-14-7-9-16(22)10-8-14/h3-11,13H,2,12H2,1H3,(H,23,27)/b18-11-. The first-order valence-corrected chi connectivity index (χ1v) is 9.11. The lowest BCUT2D eigenvalue weighted by Gasteiger charge is -2.06. The van der Waals surface area contributed by atoms with Crippen LogP contribution in [0.5, 0.6) is 0 Å². The molecule has 2 heterocycles. The first kappa shape index (κ1) is 17.4. The molecule has 0 bridgehead atoms. The van der Waals surface area contributed by atoms with Crippen molar-refractivity contribution in [2.24, 2.45) is 0 Å². The van der Waals surface area contributed by atoms with E-state index >= 15 is 0 Å². The second-order valence-corrected chi connectivity index (χ2v) is 6.83. The van der Waals surface area contributed by atoms with Crippen LogP contribution in [-0.2, 0) is 11.3 Å². The monoisotopic (exact) mass is 379 g/mol. The molecule has 0 radical (unpaired) electrons. The highest BCUT2D eigenvalue weighted by Gasteiger charge is 2.32. The fraction of sp³-hybridized carbons (Fsp3) is 0.143. The highest BCUT2D eigenvalue weighted by Crippen LogP contribution is 2.25. The van der Waals surface area contributed by atoms with E-state index in [1.54, 1.807) is 13.0 Å². The van der Waals surface area contributed by atoms with Gasteiger partial charge in [0.2, 0.25) is 0 Å². The number of hydrogen-bond donors (Lipinski definition) is 1. The van der Waals surface area contributed by atoms with Crippen molar-refractivity contribution in [2.75, 3.05) is 6.54 Å². The number of urea groups is 1. The highest BCUT2D eigenvalue weighted by molar-refractivity contribution is 6.30. The van der Waals surface area contributed by atoms with Gasteiger partial charge >= 0.3 is 6.03 Å². The van der Waals surface area contributed by atoms with E-state index in [4.69, 9.17) is 11.6 Å². The Morgan fingerprint density at radius 1 is 1.07 bits per heavy atom. The molecule has 1 aliphatic rings. The Bertz CT molecular complexity index is 1070. The van der Waals surface area contributed by atoms with Gasteiger partial charge in [0.1, 0.15) is 5.70 Å². The average Bonchev–Trinajstić information content (AvgIpc) is 3.14. The van der Waals surface area contributed by atoms with E-state index in [1.165, 1.54) is 4.90 Å². The third kappa shape index (κ3) is 3.22. The van der Waals surface area contributed by atoms with Gasteiger partial charge in [0.05, 0.1) is 0 Å². The number of nitrogens with one attached hydrogen (secondary N) is 1. The molecule has 0 unspecified atom stereocenters. The number of hydrogen-bond acceptors (Lipinski definition) is 2. The molecule has 27 heavy (non-hydrogen) atoms. The molecule has 2 aromatic carbocycles. The molecule has 1 saturated heterocycles. The maximum absolute atomic E-state index is 12.4. The van der Waals surface area contributed by atoms with Crippen LogP contribution in [0.2, 0.25) is 5.02 Å². The van der Waals surface area contributed by atoms with Crippen LogP contribution in [0, 0.1) is 0 Å². The van der Waals surface area contributed by atoms with Gasteiger partial charge in [-0.2, -0.15) is 0 Å². The van der Waals surface area contributed by atoms with Crippen LogP contribution in [0.1, 0.15) is 18.1 Å². The minimum absolute atomic E-state index is 0.294. The zero-order chi connectivity index (χ0) is 19.0. The fourth-order valence-electron chi connectivity index (χ4n) is 3.32. The summed E-state index contributed by atoms with van der Waals surface area (Å²) in [6.07, 6.45) is 3.75. The molecule has 136 valence electrons. The van der Waals surface area contributed by atoms with Crippen LogP contribution in [-0.4, -0.2) is 28.0 Å². The molecule has 3 amide bonds. The van der Waals surface area contributed by atoms with E-state index in [9.17, 15) is 9.59 Å². The van der Waals surface area contributed by atoms with Crippen molar-refractivity contribution in [3.05, 3.63) is 76.6 Å². The molecule has 1 N–H and O–H groups in total. The molecule has 0 atom stereocenters. The fourth-order valence-corrected chi connectivity index (χ4v) is 3.45. The summed E-state index contributed by atoms with van der Waals surface area (Å²) < 4.78 is 2.13. The Morgan fingerprint density at radius 3 is 2.52 bits per heavy atom. The third-order valence-electron chi connectivity index (χ3n) is 4.66. The number of carbonyl (C=O) groups excluding carboxylic acids is 2. The van der Waals surface area contributed by atoms with Gasteiger partial charge in [-0.15, -0.1) is 0 Å². The van der Waals surface area contributed by atoms with E-state index in [1.807, 2.05) is 54.7 Å². The molecule has 0 saturated carbocycles. The third-order valence-corrected chi connectivity index (χ3v) is 4.92. The summed E-state index contributed by atoms with van der Waals surface area (Å²) in [6, 6.07) is 15.4. The topological polar surface area (TPSA) is 54.3 Å². The first-order chi connectivity index (χ1) is 13.1. The second-order valence-electron chi connectivity index (χ2n) is 6.39. The number of benzene rings is 2. The van der Waals surface area contributed by atoms with Gasteiger partial charge in [-0.25, -0.2) is 4.79 Å². The zero-order valence-corrected chi connectivity index (χ0v) is 15.5. The van der Waals surface area contributed by atoms with Crippen LogP contribution < -0.4 is 5.32 Å². The van der Waals surface area contributed by atoms with E-state index in [0.29, 0.717) is 23.8 Å². The minimum atomic E-state index is -0.376. The van der Waals surface area contributed by atoms with Gasteiger partial charge in [-0.3, -0.25) is 9.69 Å². The molecule has 1 fully saturated rings. The number of likely N-dealkylation sites (N-methyl/N-ethyl adjacent to an activating group) is 1. The maximum atomic E-state index is 12.4. The van der Waals surface area contributed by atoms with Crippen LogP contribution in [0.3, 0.4) is 0 Å². The molecule has 1 aromatic heterocycles. The highest BCUT2D eigenvalue weighted by atomic mass is 35.5. The predicted octanol–water partition coefficient (Wildman–Crippen LogP) is 4.26. The number of amides is 3. The van der Waals surface area contributed by atoms with Gasteiger partial charge < -0.3 is 9.88 Å². The Labute approximate surface area is 161 Å². The largest absolute Gasteiger partial charge is 0.342 e. The van der Waals surface area contributed by atoms with Gasteiger partial charge in [-0.1, -0.05) is 41.9 Å². The lowest BCUT2D eigenvalue weighted by Crippen LogP contribution is -2.30. The molecule has 3 aromatic rings. The summed E-state index contributed by atoms with van der Waals surface area (Å²) in [4.78, 5) is 25.5. The number of para-hydroxylation sites is 1. The van der Waals surface area contributed by atoms with Gasteiger partial charge in [0, 0.05) is 40.8 Å². The van der Waals surface area contributed by atoms with Crippen LogP contribution >= 0.6 is 11.6 Å². The molecular weight excluding hydrogens is 362 g/mol. The maximum Gasteiger partial charge on any atom is 0.328 e. The number of rotatable bonds is 4. The second kappa shape index (κ2) is 6.93. The predicted molar refractivity (Wildman–Crippen MR) is 106 cm³/mol. The van der Waals surface area contributed by atoms with Gasteiger partial charge in [-0.05, 0) is 36.8 Å². The normalized spacial score (nSPS) is 15.8. The summed E-state index contributed by atoms with van der Waals surface area (Å²) in [5.41, 5.74) is 3.38. The minimum Gasteiger partial charge on any atom is -0.342 e. The van der Waals surface area contributed by atoms with Crippen molar-refractivity contribution < 1.29 is 9.59 Å². The van der Waals surface area contributed by atoms with E-state index < -0.39 is 0 Å². The zero-order valence-electron chi connectivity index (χ0n) is 14.8. The Kier molecular flexibility index (Phi) is 4.46. The quantitative estimate of drug-likeness (QED) is 0.544. The van der Waals surface area contributed by atoms with Crippen molar-refractivity contribution in [1.29, 1.82) is 0 Å². The SMILES string of the molecule is CCN1C(=O)N/C(=C\c2cn(Cc3ccc(Cl)cc3)c3ccccc23)C1=O. The first-order valence-electron chi connectivity index (χ1n) is 8.73. The number of imide groups is 1. The van der Waals surface area contributed by atoms with Crippen molar-refractivity contribution in [3.63, 3.8) is 0 Å². The molecule has 0 spiro atoms. The van der Waals surface area contributed by atoms with Crippen LogP contribution in [0.15, 0.2) is 60.4 Å². The molecular formula is C21H18ClN3O2. The molecule has 1 aliphatic heterocycles. The van der Waals surface area contributed by atoms with Crippen molar-refractivity contribution in [3.8, 4) is 0 Å². The van der Waals surface area contributed by atoms with Crippen molar-refractivity contribution >= 4 is 40.5 Å². The number of nitrogens with zero attached hydrogens (tertiary/aromatic N) is 2. The lowest BCUT2D eigenvalue weighted by atomic mass is 10.1. The van der Waals surface area contributed by atoms with Gasteiger partial charge in [0.25, 0.3) is 5.91 Å². The number of halogens is 1. The number of fused-ring (bicyclic) bond motifs is 1. The summed E-state index contributed by atoms with van der Waals surface area (Å²) in [6.45, 7) is 2.81. The Morgan fingerprint density at radius 2 is 1.81 bits per heavy atom. The van der Waals surface area contributed by atoms with Crippen LogP contribution in [0.4, 0.5) is 4.79 Å². The van der Waals surface area contributed by atoms with Gasteiger partial charge in [0.15, 0.2) is 0 Å².